The van der Waals surface area contributed by atoms with Crippen LogP contribution >= 0.6 is 15.9 Å². The molecule has 6 heteroatoms. The van der Waals surface area contributed by atoms with Crippen molar-refractivity contribution in [2.75, 3.05) is 0 Å². The van der Waals surface area contributed by atoms with E-state index in [4.69, 9.17) is 4.74 Å². The van der Waals surface area contributed by atoms with Gasteiger partial charge in [-0.25, -0.2) is 0 Å². The first-order valence-electron chi connectivity index (χ1n) is 9.81. The summed E-state index contributed by atoms with van der Waals surface area (Å²) in [5.41, 5.74) is 2.50. The Bertz CT molecular complexity index is 1370. The number of non-ortho nitro benzene ring substituents is 1. The topological polar surface area (TPSA) is 76.2 Å². The third-order valence-corrected chi connectivity index (χ3v) is 5.54. The molecule has 0 unspecified atom stereocenters. The lowest BCUT2D eigenvalue weighted by atomic mass is 9.98. The first-order valence-corrected chi connectivity index (χ1v) is 10.6. The summed E-state index contributed by atoms with van der Waals surface area (Å²) in [5.74, 6) is 0.629. The number of halogens is 1. The average molecular weight is 485 g/mol. The fraction of sp³-hybridized carbons (Fsp3) is 0.0385. The minimum atomic E-state index is -0.469. The highest BCUT2D eigenvalue weighted by atomic mass is 79.9. The summed E-state index contributed by atoms with van der Waals surface area (Å²) in [6, 6.07) is 27.8. The summed E-state index contributed by atoms with van der Waals surface area (Å²) < 4.78 is 7.13. The van der Waals surface area contributed by atoms with Crippen LogP contribution < -0.4 is 4.74 Å². The van der Waals surface area contributed by atoms with Crippen molar-refractivity contribution in [2.45, 2.75) is 6.61 Å². The fourth-order valence-corrected chi connectivity index (χ4v) is 3.67. The molecule has 0 heterocycles. The van der Waals surface area contributed by atoms with E-state index in [9.17, 15) is 15.4 Å². The summed E-state index contributed by atoms with van der Waals surface area (Å²) in [6.45, 7) is 0.366. The third kappa shape index (κ3) is 4.69. The van der Waals surface area contributed by atoms with Crippen molar-refractivity contribution in [3.8, 4) is 11.8 Å². The maximum atomic E-state index is 11.2. The Morgan fingerprint density at radius 1 is 1.03 bits per heavy atom. The molecule has 4 aromatic rings. The van der Waals surface area contributed by atoms with E-state index in [1.807, 2.05) is 60.7 Å². The van der Waals surface area contributed by atoms with Crippen LogP contribution in [0.25, 0.3) is 22.4 Å². The smallest absolute Gasteiger partial charge is 0.270 e. The van der Waals surface area contributed by atoms with Crippen molar-refractivity contribution in [1.29, 1.82) is 5.26 Å². The number of fused-ring (bicyclic) bond motifs is 1. The molecule has 0 radical (unpaired) electrons. The van der Waals surface area contributed by atoms with E-state index in [0.717, 1.165) is 26.4 Å². The number of nitrogens with zero attached hydrogens (tertiary/aromatic N) is 2. The summed E-state index contributed by atoms with van der Waals surface area (Å²) in [4.78, 5) is 10.7. The number of hydrogen-bond donors (Lipinski definition) is 0. The molecule has 0 aliphatic carbocycles. The first-order chi connectivity index (χ1) is 15.5. The molecule has 0 N–H and O–H groups in total. The Morgan fingerprint density at radius 2 is 1.81 bits per heavy atom. The van der Waals surface area contributed by atoms with Gasteiger partial charge in [0.1, 0.15) is 12.4 Å². The maximum absolute atomic E-state index is 11.2. The standard InChI is InChI=1S/C26H17BrN2O3/c27-22-11-8-18(9-12-22)17-32-26-13-10-19-4-1-2-7-24(19)25(26)15-21(16-28)20-5-3-6-23(14-20)29(30)31/h1-15H,17H2/b21-15-. The zero-order valence-electron chi connectivity index (χ0n) is 16.9. The Hall–Kier alpha value is -3.95. The van der Waals surface area contributed by atoms with Crippen molar-refractivity contribution in [3.05, 3.63) is 116 Å². The number of nitro benzene ring substituents is 1. The van der Waals surface area contributed by atoms with Gasteiger partial charge in [-0.05, 0) is 46.2 Å². The summed E-state index contributed by atoms with van der Waals surface area (Å²) in [7, 11) is 0. The zero-order chi connectivity index (χ0) is 22.5. The highest BCUT2D eigenvalue weighted by Gasteiger charge is 2.12. The van der Waals surface area contributed by atoms with Crippen molar-refractivity contribution in [1.82, 2.24) is 0 Å². The molecule has 156 valence electrons. The van der Waals surface area contributed by atoms with Crippen molar-refractivity contribution < 1.29 is 9.66 Å². The van der Waals surface area contributed by atoms with Gasteiger partial charge in [0.25, 0.3) is 5.69 Å². The van der Waals surface area contributed by atoms with Gasteiger partial charge in [0.2, 0.25) is 0 Å². The lowest BCUT2D eigenvalue weighted by molar-refractivity contribution is -0.384. The van der Waals surface area contributed by atoms with Gasteiger partial charge in [-0.2, -0.15) is 5.26 Å². The summed E-state index contributed by atoms with van der Waals surface area (Å²) in [6.07, 6.45) is 1.73. The van der Waals surface area contributed by atoms with E-state index in [1.165, 1.54) is 12.1 Å². The Morgan fingerprint density at radius 3 is 2.56 bits per heavy atom. The van der Waals surface area contributed by atoms with Gasteiger partial charge >= 0.3 is 0 Å². The van der Waals surface area contributed by atoms with E-state index >= 15 is 0 Å². The van der Waals surface area contributed by atoms with Crippen LogP contribution in [0.4, 0.5) is 5.69 Å². The normalized spacial score (nSPS) is 11.2. The number of rotatable bonds is 6. The molecular weight excluding hydrogens is 468 g/mol. The first kappa shape index (κ1) is 21.3. The van der Waals surface area contributed by atoms with E-state index in [2.05, 4.69) is 22.0 Å². The molecule has 0 amide bonds. The van der Waals surface area contributed by atoms with Crippen LogP contribution in [-0.2, 0) is 6.61 Å². The van der Waals surface area contributed by atoms with Crippen molar-refractivity contribution in [3.63, 3.8) is 0 Å². The van der Waals surface area contributed by atoms with Gasteiger partial charge in [-0.15, -0.1) is 0 Å². The van der Waals surface area contributed by atoms with Gasteiger partial charge in [-0.1, -0.05) is 70.5 Å². The number of nitriles is 1. The van der Waals surface area contributed by atoms with Crippen molar-refractivity contribution >= 4 is 44.0 Å². The monoisotopic (exact) mass is 484 g/mol. The molecular formula is C26H17BrN2O3. The number of benzene rings is 4. The van der Waals surface area contributed by atoms with Gasteiger partial charge in [0.15, 0.2) is 0 Å². The van der Waals surface area contributed by atoms with Crippen LogP contribution in [0.5, 0.6) is 5.75 Å². The lowest BCUT2D eigenvalue weighted by Crippen LogP contribution is -1.98. The van der Waals surface area contributed by atoms with Gasteiger partial charge in [0, 0.05) is 22.2 Å². The molecule has 0 bridgehead atoms. The van der Waals surface area contributed by atoms with Gasteiger partial charge < -0.3 is 4.74 Å². The molecule has 0 atom stereocenters. The molecule has 5 nitrogen and oxygen atoms in total. The second-order valence-corrected chi connectivity index (χ2v) is 8.01. The maximum Gasteiger partial charge on any atom is 0.270 e. The molecule has 0 aromatic heterocycles. The Kier molecular flexibility index (Phi) is 6.29. The highest BCUT2D eigenvalue weighted by Crippen LogP contribution is 2.33. The quantitative estimate of drug-likeness (QED) is 0.126. The molecule has 0 spiro atoms. The molecule has 4 rings (SSSR count). The van der Waals surface area contributed by atoms with E-state index < -0.39 is 4.92 Å². The SMILES string of the molecule is N#C/C(=C/c1c(OCc2ccc(Br)cc2)ccc2ccccc12)c1cccc([N+](=O)[O-])c1. The minimum Gasteiger partial charge on any atom is -0.488 e. The van der Waals surface area contributed by atoms with E-state index in [1.54, 1.807) is 18.2 Å². The summed E-state index contributed by atoms with van der Waals surface area (Å²) in [5, 5.41) is 22.9. The van der Waals surface area contributed by atoms with E-state index in [-0.39, 0.29) is 5.69 Å². The van der Waals surface area contributed by atoms with E-state index in [0.29, 0.717) is 23.5 Å². The van der Waals surface area contributed by atoms with Gasteiger partial charge in [0.05, 0.1) is 16.6 Å². The third-order valence-electron chi connectivity index (χ3n) is 5.02. The lowest BCUT2D eigenvalue weighted by Gasteiger charge is -2.13. The van der Waals surface area contributed by atoms with Gasteiger partial charge in [-0.3, -0.25) is 10.1 Å². The van der Waals surface area contributed by atoms with Crippen LogP contribution in [-0.4, -0.2) is 4.92 Å². The number of ether oxygens (including phenoxy) is 1. The molecule has 0 saturated heterocycles. The predicted molar refractivity (Wildman–Crippen MR) is 129 cm³/mol. The predicted octanol–water partition coefficient (Wildman–Crippen LogP) is 7.15. The molecule has 32 heavy (non-hydrogen) atoms. The van der Waals surface area contributed by atoms with Crippen LogP contribution in [0.15, 0.2) is 89.4 Å². The molecule has 0 aliphatic rings. The largest absolute Gasteiger partial charge is 0.488 e. The second-order valence-electron chi connectivity index (χ2n) is 7.09. The van der Waals surface area contributed by atoms with Crippen LogP contribution in [0.3, 0.4) is 0 Å². The number of hydrogen-bond acceptors (Lipinski definition) is 4. The molecule has 0 fully saturated rings. The van der Waals surface area contributed by atoms with Crippen LogP contribution in [0.2, 0.25) is 0 Å². The molecule has 0 saturated carbocycles. The van der Waals surface area contributed by atoms with Crippen LogP contribution in [0, 0.1) is 21.4 Å². The second kappa shape index (κ2) is 9.46. The Balaban J connectivity index is 1.79. The van der Waals surface area contributed by atoms with Crippen molar-refractivity contribution in [2.24, 2.45) is 0 Å². The van der Waals surface area contributed by atoms with Crippen LogP contribution in [0.1, 0.15) is 16.7 Å². The minimum absolute atomic E-state index is 0.0618. The fourth-order valence-electron chi connectivity index (χ4n) is 3.40. The summed E-state index contributed by atoms with van der Waals surface area (Å²) >= 11 is 3.43. The average Bonchev–Trinajstić information content (AvgIpc) is 2.82. The number of nitro groups is 1. The molecule has 0 aliphatic heterocycles. The molecule has 4 aromatic carbocycles. The highest BCUT2D eigenvalue weighted by molar-refractivity contribution is 9.10. The zero-order valence-corrected chi connectivity index (χ0v) is 18.5. The Labute approximate surface area is 193 Å². The number of allylic oxidation sites excluding steroid dienone is 1.